The van der Waals surface area contributed by atoms with E-state index in [1.165, 1.54) is 25.1 Å². The highest BCUT2D eigenvalue weighted by atomic mass is 16.5. The largest absolute Gasteiger partial charge is 0.489 e. The van der Waals surface area contributed by atoms with E-state index in [-0.39, 0.29) is 0 Å². The van der Waals surface area contributed by atoms with E-state index in [1.54, 1.807) is 0 Å². The van der Waals surface area contributed by atoms with E-state index in [4.69, 9.17) is 4.74 Å². The third kappa shape index (κ3) is 2.71. The van der Waals surface area contributed by atoms with Crippen LogP contribution in [0.4, 0.5) is 5.69 Å². The molecule has 1 saturated heterocycles. The first-order valence-electron chi connectivity index (χ1n) is 7.45. The van der Waals surface area contributed by atoms with Gasteiger partial charge in [0.15, 0.2) is 0 Å². The average Bonchev–Trinajstić information content (AvgIpc) is 2.88. The summed E-state index contributed by atoms with van der Waals surface area (Å²) in [4.78, 5) is 2.57. The number of para-hydroxylation sites is 1. The summed E-state index contributed by atoms with van der Waals surface area (Å²) in [5, 5.41) is 3.41. The minimum Gasteiger partial charge on any atom is -0.489 e. The Morgan fingerprint density at radius 2 is 2.32 bits per heavy atom. The molecular weight excluding hydrogens is 236 g/mol. The number of hydrogen-bond donors (Lipinski definition) is 1. The number of nitrogens with zero attached hydrogens (tertiary/aromatic N) is 1. The van der Waals surface area contributed by atoms with Gasteiger partial charge in [0.2, 0.25) is 0 Å². The molecule has 1 aromatic rings. The summed E-state index contributed by atoms with van der Waals surface area (Å²) in [5.41, 5.74) is 2.48. The highest BCUT2D eigenvalue weighted by Crippen LogP contribution is 2.33. The van der Waals surface area contributed by atoms with Crippen LogP contribution in [-0.2, 0) is 6.54 Å². The van der Waals surface area contributed by atoms with Gasteiger partial charge in [-0.05, 0) is 30.9 Å². The summed E-state index contributed by atoms with van der Waals surface area (Å²) in [7, 11) is 0. The van der Waals surface area contributed by atoms with Crippen LogP contribution < -0.4 is 10.1 Å². The summed E-state index contributed by atoms with van der Waals surface area (Å²) >= 11 is 0. The Morgan fingerprint density at radius 1 is 1.42 bits per heavy atom. The van der Waals surface area contributed by atoms with Crippen molar-refractivity contribution in [1.82, 2.24) is 4.90 Å². The van der Waals surface area contributed by atoms with Gasteiger partial charge in [-0.25, -0.2) is 0 Å². The van der Waals surface area contributed by atoms with Crippen LogP contribution in [0.3, 0.4) is 0 Å². The smallest absolute Gasteiger partial charge is 0.146 e. The fourth-order valence-corrected chi connectivity index (χ4v) is 3.15. The van der Waals surface area contributed by atoms with Crippen molar-refractivity contribution in [2.24, 2.45) is 11.8 Å². The number of anilines is 1. The maximum atomic E-state index is 5.85. The first-order chi connectivity index (χ1) is 9.24. The van der Waals surface area contributed by atoms with Crippen LogP contribution >= 0.6 is 0 Å². The molecule has 3 heteroatoms. The topological polar surface area (TPSA) is 24.5 Å². The number of hydrogen-bond acceptors (Lipinski definition) is 3. The van der Waals surface area contributed by atoms with Crippen molar-refractivity contribution in [2.45, 2.75) is 26.8 Å². The molecule has 2 aliphatic rings. The molecule has 0 spiro atoms. The maximum Gasteiger partial charge on any atom is 0.146 e. The first kappa shape index (κ1) is 12.8. The Hall–Kier alpha value is -1.22. The van der Waals surface area contributed by atoms with Crippen molar-refractivity contribution in [2.75, 3.05) is 31.6 Å². The van der Waals surface area contributed by atoms with Crippen LogP contribution in [-0.4, -0.2) is 31.1 Å². The average molecular weight is 260 g/mol. The van der Waals surface area contributed by atoms with Gasteiger partial charge in [0, 0.05) is 25.2 Å². The molecule has 0 radical (unpaired) electrons. The van der Waals surface area contributed by atoms with E-state index >= 15 is 0 Å². The van der Waals surface area contributed by atoms with Gasteiger partial charge in [0.1, 0.15) is 12.4 Å². The monoisotopic (exact) mass is 260 g/mol. The van der Waals surface area contributed by atoms with E-state index in [0.29, 0.717) is 0 Å². The molecule has 3 nitrogen and oxygen atoms in total. The van der Waals surface area contributed by atoms with Crippen LogP contribution in [0.5, 0.6) is 5.75 Å². The lowest BCUT2D eigenvalue weighted by Crippen LogP contribution is -2.24. The maximum absolute atomic E-state index is 5.85. The second-order valence-electron chi connectivity index (χ2n) is 6.10. The molecule has 0 aliphatic carbocycles. The van der Waals surface area contributed by atoms with Crippen molar-refractivity contribution < 1.29 is 4.74 Å². The second-order valence-corrected chi connectivity index (χ2v) is 6.10. The molecule has 1 N–H and O–H groups in total. The summed E-state index contributed by atoms with van der Waals surface area (Å²) < 4.78 is 5.85. The zero-order chi connectivity index (χ0) is 13.2. The Kier molecular flexibility index (Phi) is 3.65. The lowest BCUT2D eigenvalue weighted by atomic mass is 9.95. The molecule has 1 aromatic carbocycles. The predicted molar refractivity (Wildman–Crippen MR) is 78.6 cm³/mol. The quantitative estimate of drug-likeness (QED) is 0.904. The van der Waals surface area contributed by atoms with Crippen LogP contribution in [0.15, 0.2) is 18.2 Å². The van der Waals surface area contributed by atoms with Gasteiger partial charge in [0.05, 0.1) is 5.69 Å². The minimum absolute atomic E-state index is 0.776. The third-order valence-electron chi connectivity index (χ3n) is 4.41. The Morgan fingerprint density at radius 3 is 3.11 bits per heavy atom. The number of rotatable bonds is 3. The number of fused-ring (bicyclic) bond motifs is 1. The highest BCUT2D eigenvalue weighted by Gasteiger charge is 2.26. The molecule has 1 fully saturated rings. The van der Waals surface area contributed by atoms with Crippen molar-refractivity contribution in [3.63, 3.8) is 0 Å². The van der Waals surface area contributed by atoms with Gasteiger partial charge >= 0.3 is 0 Å². The molecule has 1 atom stereocenters. The number of benzene rings is 1. The van der Waals surface area contributed by atoms with Crippen LogP contribution in [0.1, 0.15) is 25.8 Å². The summed E-state index contributed by atoms with van der Waals surface area (Å²) in [6, 6.07) is 6.44. The zero-order valence-corrected chi connectivity index (χ0v) is 12.0. The summed E-state index contributed by atoms with van der Waals surface area (Å²) in [5.74, 6) is 2.73. The van der Waals surface area contributed by atoms with Crippen LogP contribution in [0, 0.1) is 11.8 Å². The lowest BCUT2D eigenvalue weighted by molar-refractivity contribution is 0.280. The minimum atomic E-state index is 0.776. The summed E-state index contributed by atoms with van der Waals surface area (Å²) in [6.45, 7) is 9.84. The standard InChI is InChI=1S/C16H24N2O/c1-12(2)13-6-8-18(10-13)11-14-4-3-5-15-16(14)19-9-7-17-15/h3-5,12-13,17H,6-11H2,1-2H3. The normalized spacial score (nSPS) is 23.0. The Bertz CT molecular complexity index is 444. The second kappa shape index (κ2) is 5.41. The molecule has 0 saturated carbocycles. The number of nitrogens with one attached hydrogen (secondary N) is 1. The Labute approximate surface area is 115 Å². The van der Waals surface area contributed by atoms with E-state index in [1.807, 2.05) is 0 Å². The van der Waals surface area contributed by atoms with Crippen molar-refractivity contribution in [3.05, 3.63) is 23.8 Å². The van der Waals surface area contributed by atoms with Gasteiger partial charge in [-0.15, -0.1) is 0 Å². The predicted octanol–water partition coefficient (Wildman–Crippen LogP) is 2.97. The van der Waals surface area contributed by atoms with E-state index < -0.39 is 0 Å². The summed E-state index contributed by atoms with van der Waals surface area (Å²) in [6.07, 6.45) is 1.34. The fraction of sp³-hybridized carbons (Fsp3) is 0.625. The SMILES string of the molecule is CC(C)C1CCN(Cc2cccc3c2OCCN3)C1. The van der Waals surface area contributed by atoms with Gasteiger partial charge in [-0.1, -0.05) is 26.0 Å². The van der Waals surface area contributed by atoms with Crippen LogP contribution in [0.2, 0.25) is 0 Å². The van der Waals surface area contributed by atoms with Crippen molar-refractivity contribution >= 4 is 5.69 Å². The van der Waals surface area contributed by atoms with Crippen molar-refractivity contribution in [1.29, 1.82) is 0 Å². The number of ether oxygens (including phenoxy) is 1. The van der Waals surface area contributed by atoms with E-state index in [2.05, 4.69) is 42.3 Å². The molecular formula is C16H24N2O. The van der Waals surface area contributed by atoms with Gasteiger partial charge in [0.25, 0.3) is 0 Å². The molecule has 0 amide bonds. The third-order valence-corrected chi connectivity index (χ3v) is 4.41. The van der Waals surface area contributed by atoms with Gasteiger partial charge in [-0.3, -0.25) is 4.90 Å². The number of likely N-dealkylation sites (tertiary alicyclic amines) is 1. The molecule has 3 rings (SSSR count). The lowest BCUT2D eigenvalue weighted by Gasteiger charge is -2.24. The molecule has 19 heavy (non-hydrogen) atoms. The Balaban J connectivity index is 1.71. The van der Waals surface area contributed by atoms with Gasteiger partial charge in [-0.2, -0.15) is 0 Å². The fourth-order valence-electron chi connectivity index (χ4n) is 3.15. The molecule has 0 aromatic heterocycles. The molecule has 2 aliphatic heterocycles. The van der Waals surface area contributed by atoms with E-state index in [9.17, 15) is 0 Å². The molecule has 2 heterocycles. The van der Waals surface area contributed by atoms with Gasteiger partial charge < -0.3 is 10.1 Å². The molecule has 0 bridgehead atoms. The van der Waals surface area contributed by atoms with Crippen LogP contribution in [0.25, 0.3) is 0 Å². The zero-order valence-electron chi connectivity index (χ0n) is 12.0. The van der Waals surface area contributed by atoms with E-state index in [0.717, 1.165) is 43.0 Å². The highest BCUT2D eigenvalue weighted by molar-refractivity contribution is 5.61. The first-order valence-corrected chi connectivity index (χ1v) is 7.45. The molecule has 104 valence electrons. The molecule has 1 unspecified atom stereocenters. The van der Waals surface area contributed by atoms with Crippen molar-refractivity contribution in [3.8, 4) is 5.75 Å².